The predicted molar refractivity (Wildman–Crippen MR) is 95.1 cm³/mol. The van der Waals surface area contributed by atoms with Gasteiger partial charge in [-0.25, -0.2) is 0 Å². The zero-order chi connectivity index (χ0) is 16.7. The minimum Gasteiger partial charge on any atom is -0.497 e. The van der Waals surface area contributed by atoms with Crippen molar-refractivity contribution in [2.24, 2.45) is 0 Å². The van der Waals surface area contributed by atoms with E-state index in [0.29, 0.717) is 13.0 Å². The van der Waals surface area contributed by atoms with E-state index in [-0.39, 0.29) is 11.9 Å². The van der Waals surface area contributed by atoms with E-state index in [1.54, 1.807) is 18.4 Å². The number of hydrogen-bond acceptors (Lipinski definition) is 4. The van der Waals surface area contributed by atoms with E-state index in [2.05, 4.69) is 16.3 Å². The minimum atomic E-state index is 0.0961. The molecule has 0 aliphatic heterocycles. The van der Waals surface area contributed by atoms with Crippen molar-refractivity contribution in [3.05, 3.63) is 52.2 Å². The predicted octanol–water partition coefficient (Wildman–Crippen LogP) is 3.11. The van der Waals surface area contributed by atoms with Crippen LogP contribution in [0, 0.1) is 0 Å². The second-order valence-corrected chi connectivity index (χ2v) is 6.67. The van der Waals surface area contributed by atoms with Crippen molar-refractivity contribution in [2.75, 3.05) is 27.7 Å². The molecule has 1 atom stereocenters. The van der Waals surface area contributed by atoms with Gasteiger partial charge in [0.2, 0.25) is 5.91 Å². The minimum absolute atomic E-state index is 0.0961. The number of nitrogens with one attached hydrogen (secondary N) is 1. The summed E-state index contributed by atoms with van der Waals surface area (Å²) < 4.78 is 5.19. The molecule has 2 aromatic rings. The highest BCUT2D eigenvalue weighted by Gasteiger charge is 2.15. The summed E-state index contributed by atoms with van der Waals surface area (Å²) in [6.45, 7) is 0.600. The molecule has 0 spiro atoms. The molecular weight excluding hydrogens is 308 g/mol. The lowest BCUT2D eigenvalue weighted by Crippen LogP contribution is -2.34. The van der Waals surface area contributed by atoms with Crippen molar-refractivity contribution in [3.8, 4) is 5.75 Å². The second kappa shape index (κ2) is 8.70. The number of amides is 1. The van der Waals surface area contributed by atoms with Gasteiger partial charge in [0.15, 0.2) is 0 Å². The van der Waals surface area contributed by atoms with Gasteiger partial charge >= 0.3 is 0 Å². The average Bonchev–Trinajstić information content (AvgIpc) is 3.07. The summed E-state index contributed by atoms with van der Waals surface area (Å²) in [7, 11) is 5.70. The van der Waals surface area contributed by atoms with E-state index in [1.807, 2.05) is 49.8 Å². The fraction of sp³-hybridized carbons (Fsp3) is 0.389. The standard InChI is InChI=1S/C18H24N2O2S/c1-20(2)17(14-6-8-15(22-3)9-7-14)13-19-18(21)11-10-16-5-4-12-23-16/h4-9,12,17H,10-11,13H2,1-3H3,(H,19,21)/t17-/m0/s1. The van der Waals surface area contributed by atoms with Crippen molar-refractivity contribution in [3.63, 3.8) is 0 Å². The third kappa shape index (κ3) is 5.37. The summed E-state index contributed by atoms with van der Waals surface area (Å²) >= 11 is 1.69. The number of nitrogens with zero attached hydrogens (tertiary/aromatic N) is 1. The van der Waals surface area contributed by atoms with Gasteiger partial charge in [-0.05, 0) is 49.7 Å². The molecule has 1 amide bonds. The van der Waals surface area contributed by atoms with Crippen LogP contribution in [0.5, 0.6) is 5.75 Å². The molecule has 0 aliphatic rings. The zero-order valence-electron chi connectivity index (χ0n) is 13.9. The summed E-state index contributed by atoms with van der Waals surface area (Å²) in [5, 5.41) is 5.09. The fourth-order valence-corrected chi connectivity index (χ4v) is 3.12. The van der Waals surface area contributed by atoms with Crippen LogP contribution < -0.4 is 10.1 Å². The highest BCUT2D eigenvalue weighted by Crippen LogP contribution is 2.20. The Bertz CT molecular complexity index is 594. The monoisotopic (exact) mass is 332 g/mol. The Morgan fingerprint density at radius 3 is 2.57 bits per heavy atom. The van der Waals surface area contributed by atoms with Crippen LogP contribution in [0.1, 0.15) is 22.9 Å². The van der Waals surface area contributed by atoms with Crippen LogP contribution in [0.2, 0.25) is 0 Å². The molecule has 0 saturated heterocycles. The lowest BCUT2D eigenvalue weighted by atomic mass is 10.1. The van der Waals surface area contributed by atoms with E-state index >= 15 is 0 Å². The van der Waals surface area contributed by atoms with Crippen LogP contribution in [0.15, 0.2) is 41.8 Å². The Morgan fingerprint density at radius 2 is 2.00 bits per heavy atom. The van der Waals surface area contributed by atoms with Gasteiger partial charge in [-0.3, -0.25) is 4.79 Å². The first-order valence-electron chi connectivity index (χ1n) is 7.69. The topological polar surface area (TPSA) is 41.6 Å². The molecule has 0 saturated carbocycles. The summed E-state index contributed by atoms with van der Waals surface area (Å²) in [4.78, 5) is 15.4. The lowest BCUT2D eigenvalue weighted by molar-refractivity contribution is -0.121. The third-order valence-corrected chi connectivity index (χ3v) is 4.73. The summed E-state index contributed by atoms with van der Waals surface area (Å²) in [5.41, 5.74) is 1.16. The Morgan fingerprint density at radius 1 is 1.26 bits per heavy atom. The Kier molecular flexibility index (Phi) is 6.62. The van der Waals surface area contributed by atoms with Gasteiger partial charge in [0.25, 0.3) is 0 Å². The molecule has 0 fully saturated rings. The quantitative estimate of drug-likeness (QED) is 0.807. The molecule has 4 nitrogen and oxygen atoms in total. The molecule has 5 heteroatoms. The maximum absolute atomic E-state index is 12.1. The van der Waals surface area contributed by atoms with Crippen LogP contribution in [-0.4, -0.2) is 38.6 Å². The normalized spacial score (nSPS) is 12.2. The number of benzene rings is 1. The molecule has 1 heterocycles. The number of carbonyl (C=O) groups excluding carboxylic acids is 1. The molecule has 0 bridgehead atoms. The molecule has 1 aromatic heterocycles. The SMILES string of the molecule is COc1ccc([C@H](CNC(=O)CCc2cccs2)N(C)C)cc1. The Balaban J connectivity index is 1.87. The summed E-state index contributed by atoms with van der Waals surface area (Å²) in [6, 6.07) is 12.2. The number of likely N-dealkylation sites (N-methyl/N-ethyl adjacent to an activating group) is 1. The number of rotatable bonds is 8. The molecule has 0 unspecified atom stereocenters. The molecule has 1 aromatic carbocycles. The molecule has 0 aliphatic carbocycles. The van der Waals surface area contributed by atoms with Gasteiger partial charge in [-0.1, -0.05) is 18.2 Å². The van der Waals surface area contributed by atoms with Crippen LogP contribution in [-0.2, 0) is 11.2 Å². The molecule has 2 rings (SSSR count). The van der Waals surface area contributed by atoms with E-state index in [0.717, 1.165) is 17.7 Å². The van der Waals surface area contributed by atoms with Crippen LogP contribution in [0.25, 0.3) is 0 Å². The molecule has 1 N–H and O–H groups in total. The van der Waals surface area contributed by atoms with Crippen molar-refractivity contribution < 1.29 is 9.53 Å². The van der Waals surface area contributed by atoms with Crippen molar-refractivity contribution in [1.82, 2.24) is 10.2 Å². The Labute approximate surface area is 142 Å². The van der Waals surface area contributed by atoms with E-state index < -0.39 is 0 Å². The number of ether oxygens (including phenoxy) is 1. The lowest BCUT2D eigenvalue weighted by Gasteiger charge is -2.25. The van der Waals surface area contributed by atoms with E-state index in [9.17, 15) is 4.79 Å². The van der Waals surface area contributed by atoms with Gasteiger partial charge in [-0.15, -0.1) is 11.3 Å². The van der Waals surface area contributed by atoms with Crippen molar-refractivity contribution >= 4 is 17.2 Å². The number of hydrogen-bond donors (Lipinski definition) is 1. The largest absolute Gasteiger partial charge is 0.497 e. The molecular formula is C18H24N2O2S. The van der Waals surface area contributed by atoms with Gasteiger partial charge in [0, 0.05) is 17.8 Å². The number of aryl methyl sites for hydroxylation is 1. The highest BCUT2D eigenvalue weighted by atomic mass is 32.1. The van der Waals surface area contributed by atoms with Crippen molar-refractivity contribution in [1.29, 1.82) is 0 Å². The molecule has 0 radical (unpaired) electrons. The first-order valence-corrected chi connectivity index (χ1v) is 8.57. The number of carbonyl (C=O) groups is 1. The summed E-state index contributed by atoms with van der Waals surface area (Å²) in [6.07, 6.45) is 1.34. The second-order valence-electron chi connectivity index (χ2n) is 5.64. The van der Waals surface area contributed by atoms with Crippen LogP contribution in [0.4, 0.5) is 0 Å². The van der Waals surface area contributed by atoms with E-state index in [4.69, 9.17) is 4.74 Å². The third-order valence-electron chi connectivity index (χ3n) is 3.80. The zero-order valence-corrected chi connectivity index (χ0v) is 14.7. The molecule has 124 valence electrons. The van der Waals surface area contributed by atoms with Crippen molar-refractivity contribution in [2.45, 2.75) is 18.9 Å². The summed E-state index contributed by atoms with van der Waals surface area (Å²) in [5.74, 6) is 0.935. The van der Waals surface area contributed by atoms with E-state index in [1.165, 1.54) is 4.88 Å². The Hall–Kier alpha value is -1.85. The van der Waals surface area contributed by atoms with Crippen LogP contribution in [0.3, 0.4) is 0 Å². The van der Waals surface area contributed by atoms with Gasteiger partial charge in [0.05, 0.1) is 13.2 Å². The maximum Gasteiger partial charge on any atom is 0.220 e. The first kappa shape index (κ1) is 17.5. The first-order chi connectivity index (χ1) is 11.1. The number of thiophene rings is 1. The molecule has 23 heavy (non-hydrogen) atoms. The van der Waals surface area contributed by atoms with Gasteiger partial charge < -0.3 is 15.0 Å². The van der Waals surface area contributed by atoms with Gasteiger partial charge in [0.1, 0.15) is 5.75 Å². The number of methoxy groups -OCH3 is 1. The smallest absolute Gasteiger partial charge is 0.220 e. The van der Waals surface area contributed by atoms with Crippen LogP contribution >= 0.6 is 11.3 Å². The maximum atomic E-state index is 12.1. The average molecular weight is 332 g/mol. The van der Waals surface area contributed by atoms with Gasteiger partial charge in [-0.2, -0.15) is 0 Å². The fourth-order valence-electron chi connectivity index (χ4n) is 2.42. The highest BCUT2D eigenvalue weighted by molar-refractivity contribution is 7.09.